The maximum absolute atomic E-state index is 12.8. The molecule has 1 saturated heterocycles. The first kappa shape index (κ1) is 24.7. The quantitative estimate of drug-likeness (QED) is 0.356. The maximum Gasteiger partial charge on any atom is 0.573 e. The van der Waals surface area contributed by atoms with E-state index in [1.54, 1.807) is 12.1 Å². The Morgan fingerprint density at radius 2 is 1.97 bits per heavy atom. The molecule has 2 aromatic heterocycles. The van der Waals surface area contributed by atoms with Crippen LogP contribution in [0.3, 0.4) is 0 Å². The summed E-state index contributed by atoms with van der Waals surface area (Å²) in [7, 11) is 0. The number of hydrogen-bond acceptors (Lipinski definition) is 6. The number of ether oxygens (including phenoxy) is 1. The summed E-state index contributed by atoms with van der Waals surface area (Å²) >= 11 is 0. The summed E-state index contributed by atoms with van der Waals surface area (Å²) in [5, 5.41) is 7.91. The van der Waals surface area contributed by atoms with Crippen molar-refractivity contribution in [3.8, 4) is 5.75 Å². The molecular formula is C26H26F3N5O3. The first-order valence-electron chi connectivity index (χ1n) is 12.1. The van der Waals surface area contributed by atoms with Gasteiger partial charge >= 0.3 is 6.36 Å². The summed E-state index contributed by atoms with van der Waals surface area (Å²) in [6.45, 7) is 3.46. The molecule has 4 aromatic rings. The minimum absolute atomic E-state index is 0.0650. The SMILES string of the molecule is Cc1cccc2[nH]c(C(=O)NCCc3nc(N4CCC(c5ccccc5OC(F)(F)F)CC4)no3)cc12. The number of aromatic nitrogens is 3. The van der Waals surface area contributed by atoms with Crippen molar-refractivity contribution in [1.82, 2.24) is 20.4 Å². The molecule has 2 aromatic carbocycles. The van der Waals surface area contributed by atoms with Crippen LogP contribution in [0.1, 0.15) is 46.3 Å². The number of amides is 1. The Labute approximate surface area is 210 Å². The molecule has 0 unspecified atom stereocenters. The zero-order chi connectivity index (χ0) is 26.0. The maximum atomic E-state index is 12.8. The van der Waals surface area contributed by atoms with E-state index in [1.165, 1.54) is 12.1 Å². The number of hydrogen-bond donors (Lipinski definition) is 2. The van der Waals surface area contributed by atoms with Crippen LogP contribution in [0, 0.1) is 6.92 Å². The van der Waals surface area contributed by atoms with Gasteiger partial charge in [0.1, 0.15) is 11.4 Å². The number of anilines is 1. The number of aryl methyl sites for hydroxylation is 1. The lowest BCUT2D eigenvalue weighted by Crippen LogP contribution is -2.34. The lowest BCUT2D eigenvalue weighted by Gasteiger charge is -2.31. The number of piperidine rings is 1. The van der Waals surface area contributed by atoms with Crippen LogP contribution in [0.25, 0.3) is 10.9 Å². The van der Waals surface area contributed by atoms with Crippen molar-refractivity contribution in [3.63, 3.8) is 0 Å². The van der Waals surface area contributed by atoms with Gasteiger partial charge in [-0.15, -0.1) is 13.2 Å². The summed E-state index contributed by atoms with van der Waals surface area (Å²) in [4.78, 5) is 22.0. The van der Waals surface area contributed by atoms with Gasteiger partial charge in [0.2, 0.25) is 5.89 Å². The number of fused-ring (bicyclic) bond motifs is 1. The standard InChI is InChI=1S/C26H26F3N5O3/c1-16-5-4-7-20-19(16)15-21(31-20)24(35)30-12-9-23-32-25(33-37-23)34-13-10-17(11-14-34)18-6-2-3-8-22(18)36-26(27,28)29/h2-8,15,17,31H,9-14H2,1H3,(H,30,35). The van der Waals surface area contributed by atoms with Gasteiger partial charge < -0.3 is 24.5 Å². The van der Waals surface area contributed by atoms with Crippen molar-refractivity contribution >= 4 is 22.8 Å². The van der Waals surface area contributed by atoms with E-state index in [0.717, 1.165) is 16.5 Å². The molecule has 1 fully saturated rings. The average molecular weight is 514 g/mol. The van der Waals surface area contributed by atoms with Gasteiger partial charge in [-0.3, -0.25) is 4.79 Å². The van der Waals surface area contributed by atoms with Crippen LogP contribution < -0.4 is 15.0 Å². The zero-order valence-corrected chi connectivity index (χ0v) is 20.1. The number of H-pyrrole nitrogens is 1. The van der Waals surface area contributed by atoms with Crippen LogP contribution in [0.15, 0.2) is 53.1 Å². The summed E-state index contributed by atoms with van der Waals surface area (Å²) in [6.07, 6.45) is -3.10. The Kier molecular flexibility index (Phi) is 6.77. The van der Waals surface area contributed by atoms with E-state index in [1.807, 2.05) is 36.1 Å². The van der Waals surface area contributed by atoms with Gasteiger partial charge in [0.25, 0.3) is 11.9 Å². The van der Waals surface area contributed by atoms with Crippen LogP contribution >= 0.6 is 0 Å². The van der Waals surface area contributed by atoms with Crippen molar-refractivity contribution in [2.24, 2.45) is 0 Å². The van der Waals surface area contributed by atoms with Crippen LogP contribution in [0.5, 0.6) is 5.75 Å². The first-order chi connectivity index (χ1) is 17.8. The fraction of sp³-hybridized carbons (Fsp3) is 0.346. The van der Waals surface area contributed by atoms with Gasteiger partial charge in [0, 0.05) is 37.0 Å². The molecule has 0 saturated carbocycles. The molecule has 1 aliphatic heterocycles. The molecule has 1 aliphatic rings. The second kappa shape index (κ2) is 10.2. The van der Waals surface area contributed by atoms with Gasteiger partial charge in [0.05, 0.1) is 0 Å². The van der Waals surface area contributed by atoms with E-state index in [-0.39, 0.29) is 17.6 Å². The monoisotopic (exact) mass is 513 g/mol. The minimum atomic E-state index is -4.73. The second-order valence-electron chi connectivity index (χ2n) is 9.06. The Morgan fingerprint density at radius 3 is 2.73 bits per heavy atom. The predicted octanol–water partition coefficient (Wildman–Crippen LogP) is 5.11. The number of nitrogens with zero attached hydrogens (tertiary/aromatic N) is 3. The second-order valence-corrected chi connectivity index (χ2v) is 9.06. The molecule has 194 valence electrons. The fourth-order valence-corrected chi connectivity index (χ4v) is 4.71. The number of rotatable bonds is 7. The molecule has 0 aliphatic carbocycles. The van der Waals surface area contributed by atoms with E-state index in [0.29, 0.717) is 62.0 Å². The van der Waals surface area contributed by atoms with Gasteiger partial charge in [-0.2, -0.15) is 4.98 Å². The van der Waals surface area contributed by atoms with Crippen molar-refractivity contribution < 1.29 is 27.2 Å². The highest BCUT2D eigenvalue weighted by Gasteiger charge is 2.33. The van der Waals surface area contributed by atoms with Gasteiger partial charge in [-0.25, -0.2) is 0 Å². The molecule has 3 heterocycles. The molecule has 1 amide bonds. The summed E-state index contributed by atoms with van der Waals surface area (Å²) in [5.41, 5.74) is 3.04. The third-order valence-electron chi connectivity index (χ3n) is 6.57. The van der Waals surface area contributed by atoms with Crippen molar-refractivity contribution in [2.45, 2.75) is 38.5 Å². The minimum Gasteiger partial charge on any atom is -0.405 e. The number of alkyl halides is 3. The number of nitrogens with one attached hydrogen (secondary N) is 2. The highest BCUT2D eigenvalue weighted by Crippen LogP contribution is 2.37. The number of carbonyl (C=O) groups is 1. The highest BCUT2D eigenvalue weighted by molar-refractivity contribution is 5.98. The van der Waals surface area contributed by atoms with E-state index in [9.17, 15) is 18.0 Å². The molecule has 11 heteroatoms. The Balaban J connectivity index is 1.13. The van der Waals surface area contributed by atoms with E-state index in [4.69, 9.17) is 4.52 Å². The Hall–Kier alpha value is -4.02. The number of halogens is 3. The van der Waals surface area contributed by atoms with Gasteiger partial charge in [-0.1, -0.05) is 30.3 Å². The zero-order valence-electron chi connectivity index (χ0n) is 20.1. The summed E-state index contributed by atoms with van der Waals surface area (Å²) < 4.78 is 47.9. The molecule has 5 rings (SSSR count). The molecule has 0 radical (unpaired) electrons. The molecule has 2 N–H and O–H groups in total. The van der Waals surface area contributed by atoms with Crippen LogP contribution in [0.2, 0.25) is 0 Å². The predicted molar refractivity (Wildman–Crippen MR) is 131 cm³/mol. The fourth-order valence-electron chi connectivity index (χ4n) is 4.71. The topological polar surface area (TPSA) is 96.3 Å². The Morgan fingerprint density at radius 1 is 1.19 bits per heavy atom. The molecule has 37 heavy (non-hydrogen) atoms. The van der Waals surface area contributed by atoms with Crippen LogP contribution in [0.4, 0.5) is 19.1 Å². The third kappa shape index (κ3) is 5.71. The molecule has 0 atom stereocenters. The average Bonchev–Trinajstić information content (AvgIpc) is 3.52. The van der Waals surface area contributed by atoms with Crippen molar-refractivity contribution in [2.75, 3.05) is 24.5 Å². The van der Waals surface area contributed by atoms with E-state index in [2.05, 4.69) is 25.2 Å². The Bertz CT molecular complexity index is 1390. The molecule has 0 spiro atoms. The smallest absolute Gasteiger partial charge is 0.405 e. The van der Waals surface area contributed by atoms with Crippen molar-refractivity contribution in [1.29, 1.82) is 0 Å². The normalized spacial score (nSPS) is 14.8. The van der Waals surface area contributed by atoms with Gasteiger partial charge in [0.15, 0.2) is 0 Å². The van der Waals surface area contributed by atoms with Crippen molar-refractivity contribution in [3.05, 3.63) is 71.2 Å². The summed E-state index contributed by atoms with van der Waals surface area (Å²) in [6, 6.07) is 14.0. The number of carbonyl (C=O) groups excluding carboxylic acids is 1. The van der Waals surface area contributed by atoms with E-state index >= 15 is 0 Å². The lowest BCUT2D eigenvalue weighted by molar-refractivity contribution is -0.275. The van der Waals surface area contributed by atoms with Crippen LogP contribution in [-0.4, -0.2) is 47.0 Å². The number of aromatic amines is 1. The molecular weight excluding hydrogens is 487 g/mol. The largest absolute Gasteiger partial charge is 0.573 e. The number of benzene rings is 2. The van der Waals surface area contributed by atoms with E-state index < -0.39 is 6.36 Å². The van der Waals surface area contributed by atoms with Gasteiger partial charge in [-0.05, 0) is 60.2 Å². The number of para-hydroxylation sites is 1. The third-order valence-corrected chi connectivity index (χ3v) is 6.57. The highest BCUT2D eigenvalue weighted by atomic mass is 19.4. The molecule has 8 nitrogen and oxygen atoms in total. The molecule has 0 bridgehead atoms. The summed E-state index contributed by atoms with van der Waals surface area (Å²) in [5.74, 6) is 0.400. The lowest BCUT2D eigenvalue weighted by atomic mass is 9.89. The first-order valence-corrected chi connectivity index (χ1v) is 12.1. The van der Waals surface area contributed by atoms with Crippen LogP contribution in [-0.2, 0) is 6.42 Å².